The number of carbonyl (C=O) groups is 1. The van der Waals surface area contributed by atoms with Crippen molar-refractivity contribution in [2.45, 2.75) is 24.4 Å². The molecular formula is C11H19N5O4S. The quantitative estimate of drug-likeness (QED) is 0.706. The van der Waals surface area contributed by atoms with Crippen LogP contribution in [0.4, 0.5) is 5.82 Å². The van der Waals surface area contributed by atoms with Crippen molar-refractivity contribution >= 4 is 21.7 Å². The van der Waals surface area contributed by atoms with Crippen molar-refractivity contribution in [1.82, 2.24) is 19.4 Å². The summed E-state index contributed by atoms with van der Waals surface area (Å²) in [6, 6.07) is -0.905. The molecule has 1 aromatic heterocycles. The van der Waals surface area contributed by atoms with E-state index < -0.39 is 22.0 Å². The van der Waals surface area contributed by atoms with Gasteiger partial charge in [-0.1, -0.05) is 0 Å². The van der Waals surface area contributed by atoms with Crippen LogP contribution < -0.4 is 11.1 Å². The van der Waals surface area contributed by atoms with Gasteiger partial charge in [0.05, 0.1) is 13.2 Å². The zero-order valence-corrected chi connectivity index (χ0v) is 12.8. The third kappa shape index (κ3) is 2.87. The Morgan fingerprint density at radius 2 is 2.33 bits per heavy atom. The molecule has 2 heterocycles. The fourth-order valence-electron chi connectivity index (χ4n) is 2.15. The van der Waals surface area contributed by atoms with Crippen molar-refractivity contribution in [2.75, 3.05) is 32.5 Å². The first-order chi connectivity index (χ1) is 9.91. The number of nitrogens with two attached hydrogens (primary N) is 1. The van der Waals surface area contributed by atoms with Gasteiger partial charge >= 0.3 is 0 Å². The van der Waals surface area contributed by atoms with Gasteiger partial charge in [0.2, 0.25) is 15.9 Å². The molecule has 0 radical (unpaired) electrons. The third-order valence-electron chi connectivity index (χ3n) is 3.29. The van der Waals surface area contributed by atoms with Crippen molar-refractivity contribution in [3.63, 3.8) is 0 Å². The lowest BCUT2D eigenvalue weighted by Gasteiger charge is -2.32. The van der Waals surface area contributed by atoms with Crippen molar-refractivity contribution in [3.05, 3.63) is 6.20 Å². The van der Waals surface area contributed by atoms with Gasteiger partial charge in [0.1, 0.15) is 10.9 Å². The van der Waals surface area contributed by atoms with E-state index in [0.717, 1.165) is 4.31 Å². The highest BCUT2D eigenvalue weighted by atomic mass is 32.2. The molecule has 118 valence electrons. The monoisotopic (exact) mass is 317 g/mol. The van der Waals surface area contributed by atoms with Crippen LogP contribution in [0.1, 0.15) is 6.92 Å². The number of nitrogens with one attached hydrogen (secondary N) is 1. The molecule has 10 heteroatoms. The smallest absolute Gasteiger partial charge is 0.249 e. The van der Waals surface area contributed by atoms with Gasteiger partial charge in [0, 0.05) is 26.3 Å². The maximum Gasteiger partial charge on any atom is 0.249 e. The number of amides is 1. The van der Waals surface area contributed by atoms with Crippen molar-refractivity contribution in [2.24, 2.45) is 0 Å². The van der Waals surface area contributed by atoms with Crippen LogP contribution >= 0.6 is 0 Å². The maximum absolute atomic E-state index is 12.7. The topological polar surface area (TPSA) is 120 Å². The van der Waals surface area contributed by atoms with Crippen LogP contribution in [-0.4, -0.2) is 61.3 Å². The number of anilines is 1. The van der Waals surface area contributed by atoms with Crippen LogP contribution in [0.25, 0.3) is 0 Å². The summed E-state index contributed by atoms with van der Waals surface area (Å²) in [4.78, 5) is 11.8. The van der Waals surface area contributed by atoms with E-state index in [1.54, 1.807) is 0 Å². The number of aryl methyl sites for hydroxylation is 1. The summed E-state index contributed by atoms with van der Waals surface area (Å²) in [6.07, 6.45) is 1.38. The van der Waals surface area contributed by atoms with Gasteiger partial charge < -0.3 is 15.8 Å². The Kier molecular flexibility index (Phi) is 4.49. The first-order valence-corrected chi connectivity index (χ1v) is 8.00. The molecule has 1 aliphatic rings. The molecule has 1 aromatic rings. The first kappa shape index (κ1) is 15.7. The summed E-state index contributed by atoms with van der Waals surface area (Å²) in [6.45, 7) is 2.67. The average Bonchev–Trinajstić information content (AvgIpc) is 2.88. The van der Waals surface area contributed by atoms with Crippen LogP contribution in [0.3, 0.4) is 0 Å². The number of morpholine rings is 1. The van der Waals surface area contributed by atoms with Crippen LogP contribution in [0.15, 0.2) is 11.1 Å². The highest BCUT2D eigenvalue weighted by Gasteiger charge is 2.39. The van der Waals surface area contributed by atoms with Crippen molar-refractivity contribution < 1.29 is 17.9 Å². The molecular weight excluding hydrogens is 298 g/mol. The number of ether oxygens (including phenoxy) is 1. The molecule has 1 aliphatic heterocycles. The Labute approximate surface area is 123 Å². The van der Waals surface area contributed by atoms with Crippen LogP contribution in [0, 0.1) is 0 Å². The molecule has 9 nitrogen and oxygen atoms in total. The van der Waals surface area contributed by atoms with Gasteiger partial charge in [-0.15, -0.1) is 0 Å². The fraction of sp³-hybridized carbons (Fsp3) is 0.636. The summed E-state index contributed by atoms with van der Waals surface area (Å²) < 4.78 is 33.2. The average molecular weight is 317 g/mol. The molecule has 0 aromatic carbocycles. The van der Waals surface area contributed by atoms with Crippen LogP contribution in [0.2, 0.25) is 0 Å². The lowest BCUT2D eigenvalue weighted by atomic mass is 10.2. The molecule has 0 saturated carbocycles. The maximum atomic E-state index is 12.7. The molecule has 1 atom stereocenters. The van der Waals surface area contributed by atoms with E-state index in [4.69, 9.17) is 10.5 Å². The predicted molar refractivity (Wildman–Crippen MR) is 74.9 cm³/mol. The Bertz CT molecular complexity index is 627. The molecule has 0 bridgehead atoms. The molecule has 2 rings (SSSR count). The minimum Gasteiger partial charge on any atom is -0.381 e. The molecule has 0 aliphatic carbocycles. The number of nitrogens with zero attached hydrogens (tertiary/aromatic N) is 3. The summed E-state index contributed by atoms with van der Waals surface area (Å²) >= 11 is 0. The number of hydrogen-bond acceptors (Lipinski definition) is 6. The normalized spacial score (nSPS) is 20.4. The Hall–Kier alpha value is -1.65. The number of sulfonamides is 1. The SMILES string of the molecule is CCn1cc(S(=O)(=O)N2CCOCC2C(=O)NC)c(N)n1. The number of nitrogen functional groups attached to an aromatic ring is 1. The molecule has 1 unspecified atom stereocenters. The highest BCUT2D eigenvalue weighted by molar-refractivity contribution is 7.89. The molecule has 1 fully saturated rings. The largest absolute Gasteiger partial charge is 0.381 e. The lowest BCUT2D eigenvalue weighted by Crippen LogP contribution is -2.55. The second kappa shape index (κ2) is 6.00. The first-order valence-electron chi connectivity index (χ1n) is 6.56. The van der Waals surface area contributed by atoms with E-state index >= 15 is 0 Å². The second-order valence-electron chi connectivity index (χ2n) is 4.56. The van der Waals surface area contributed by atoms with E-state index in [1.165, 1.54) is 17.9 Å². The lowest BCUT2D eigenvalue weighted by molar-refractivity contribution is -0.128. The fourth-order valence-corrected chi connectivity index (χ4v) is 3.77. The standard InChI is InChI=1S/C11H19N5O4S/c1-3-15-6-9(10(12)14-15)21(18,19)16-4-5-20-7-8(16)11(17)13-2/h6,8H,3-5,7H2,1-2H3,(H2,12,14)(H,13,17). The minimum absolute atomic E-state index is 0.0146. The summed E-state index contributed by atoms with van der Waals surface area (Å²) in [5, 5.41) is 6.38. The van der Waals surface area contributed by atoms with Gasteiger partial charge in [0.15, 0.2) is 5.82 Å². The zero-order valence-electron chi connectivity index (χ0n) is 11.9. The molecule has 1 saturated heterocycles. The van der Waals surface area contributed by atoms with Gasteiger partial charge in [0.25, 0.3) is 0 Å². The van der Waals surface area contributed by atoms with E-state index in [0.29, 0.717) is 6.54 Å². The number of carbonyl (C=O) groups excluding carboxylic acids is 1. The third-order valence-corrected chi connectivity index (χ3v) is 5.22. The van der Waals surface area contributed by atoms with Gasteiger partial charge in [-0.3, -0.25) is 9.48 Å². The molecule has 0 spiro atoms. The van der Waals surface area contributed by atoms with Gasteiger partial charge in [-0.05, 0) is 6.92 Å². The summed E-state index contributed by atoms with van der Waals surface area (Å²) in [7, 11) is -2.45. The number of hydrogen-bond donors (Lipinski definition) is 2. The van der Waals surface area contributed by atoms with Crippen LogP contribution in [-0.2, 0) is 26.1 Å². The number of rotatable bonds is 4. The number of likely N-dealkylation sites (N-methyl/N-ethyl adjacent to an activating group) is 1. The van der Waals surface area contributed by atoms with Gasteiger partial charge in [-0.25, -0.2) is 8.42 Å². The van der Waals surface area contributed by atoms with E-state index in [1.807, 2.05) is 6.92 Å². The van der Waals surface area contributed by atoms with E-state index in [-0.39, 0.29) is 30.5 Å². The molecule has 21 heavy (non-hydrogen) atoms. The Morgan fingerprint density at radius 3 is 2.90 bits per heavy atom. The Morgan fingerprint density at radius 1 is 1.62 bits per heavy atom. The van der Waals surface area contributed by atoms with Crippen LogP contribution in [0.5, 0.6) is 0 Å². The van der Waals surface area contributed by atoms with Gasteiger partial charge in [-0.2, -0.15) is 9.40 Å². The van der Waals surface area contributed by atoms with Crippen molar-refractivity contribution in [1.29, 1.82) is 0 Å². The molecule has 1 amide bonds. The van der Waals surface area contributed by atoms with Crippen molar-refractivity contribution in [3.8, 4) is 0 Å². The Balaban J connectivity index is 2.40. The van der Waals surface area contributed by atoms with E-state index in [2.05, 4.69) is 10.4 Å². The molecule has 3 N–H and O–H groups in total. The zero-order chi connectivity index (χ0) is 15.6. The number of aromatic nitrogens is 2. The summed E-state index contributed by atoms with van der Waals surface area (Å²) in [5.41, 5.74) is 5.69. The second-order valence-corrected chi connectivity index (χ2v) is 6.41. The summed E-state index contributed by atoms with van der Waals surface area (Å²) in [5.74, 6) is -0.487. The predicted octanol–water partition coefficient (Wildman–Crippen LogP) is -1.38. The van der Waals surface area contributed by atoms with E-state index in [9.17, 15) is 13.2 Å². The minimum atomic E-state index is -3.90. The highest BCUT2D eigenvalue weighted by Crippen LogP contribution is 2.24.